The lowest BCUT2D eigenvalue weighted by Gasteiger charge is -2.25. The first kappa shape index (κ1) is 16.7. The monoisotopic (exact) mass is 309 g/mol. The number of carbonyl (C=O) groups excluding carboxylic acids is 2. The lowest BCUT2D eigenvalue weighted by molar-refractivity contribution is -0.139. The summed E-state index contributed by atoms with van der Waals surface area (Å²) in [6.45, 7) is 4.68. The van der Waals surface area contributed by atoms with Crippen molar-refractivity contribution in [3.05, 3.63) is 0 Å². The van der Waals surface area contributed by atoms with Crippen LogP contribution in [0.25, 0.3) is 0 Å². The molecule has 1 rings (SSSR count). The summed E-state index contributed by atoms with van der Waals surface area (Å²) in [6, 6.07) is -0.897. The summed E-state index contributed by atoms with van der Waals surface area (Å²) in [5.74, 6) is -0.604. The lowest BCUT2D eigenvalue weighted by atomic mass is 10.2. The summed E-state index contributed by atoms with van der Waals surface area (Å²) in [7, 11) is -3.59. The fourth-order valence-corrected chi connectivity index (χ4v) is 1.93. The second-order valence-electron chi connectivity index (χ2n) is 5.37. The smallest absolute Gasteiger partial charge is 0.413 e. The Kier molecular flexibility index (Phi) is 4.98. The fraction of sp³-hybridized carbons (Fsp3) is 0.818. The molecule has 1 fully saturated rings. The van der Waals surface area contributed by atoms with Crippen molar-refractivity contribution in [1.29, 1.82) is 0 Å². The Morgan fingerprint density at radius 2 is 2.05 bits per heavy atom. The predicted molar refractivity (Wildman–Crippen MR) is 68.2 cm³/mol. The predicted octanol–water partition coefficient (Wildman–Crippen LogP) is 0.473. The number of hydrogen-bond acceptors (Lipinski definition) is 7. The summed E-state index contributed by atoms with van der Waals surface area (Å²) in [6.07, 6.45) is 0.240. The van der Waals surface area contributed by atoms with Crippen LogP contribution in [-0.2, 0) is 28.6 Å². The molecule has 0 N–H and O–H groups in total. The maximum Gasteiger partial charge on any atom is 0.413 e. The van der Waals surface area contributed by atoms with Crippen molar-refractivity contribution in [3.8, 4) is 0 Å². The minimum atomic E-state index is -3.59. The SMILES string of the molecule is CC(C)(C)OC(=O)N1COC(=O)C1CCOS(C)(=O)=O. The maximum absolute atomic E-state index is 11.9. The topological polar surface area (TPSA) is 99.2 Å². The largest absolute Gasteiger partial charge is 0.444 e. The normalized spacial score (nSPS) is 19.9. The van der Waals surface area contributed by atoms with Gasteiger partial charge < -0.3 is 9.47 Å². The van der Waals surface area contributed by atoms with Crippen molar-refractivity contribution in [1.82, 2.24) is 4.90 Å². The molecular formula is C11H19NO7S. The van der Waals surface area contributed by atoms with Crippen molar-refractivity contribution in [3.63, 3.8) is 0 Å². The molecule has 0 aromatic heterocycles. The van der Waals surface area contributed by atoms with Crippen molar-refractivity contribution < 1.29 is 31.7 Å². The Bertz CT molecular complexity index is 479. The Labute approximate surface area is 118 Å². The molecule has 116 valence electrons. The van der Waals surface area contributed by atoms with E-state index in [-0.39, 0.29) is 19.8 Å². The zero-order valence-electron chi connectivity index (χ0n) is 11.9. The van der Waals surface area contributed by atoms with Crippen LogP contribution in [0.15, 0.2) is 0 Å². The first-order valence-electron chi connectivity index (χ1n) is 6.00. The van der Waals surface area contributed by atoms with Crippen LogP contribution in [0, 0.1) is 0 Å². The van der Waals surface area contributed by atoms with Crippen molar-refractivity contribution in [2.24, 2.45) is 0 Å². The first-order valence-corrected chi connectivity index (χ1v) is 7.82. The van der Waals surface area contributed by atoms with Crippen molar-refractivity contribution in [2.75, 3.05) is 19.6 Å². The van der Waals surface area contributed by atoms with Gasteiger partial charge in [0.1, 0.15) is 11.6 Å². The van der Waals surface area contributed by atoms with Gasteiger partial charge >= 0.3 is 12.1 Å². The van der Waals surface area contributed by atoms with E-state index in [1.165, 1.54) is 0 Å². The molecule has 1 aliphatic rings. The molecule has 0 aromatic carbocycles. The van der Waals surface area contributed by atoms with Gasteiger partial charge in [-0.3, -0.25) is 9.08 Å². The molecule has 0 spiro atoms. The molecule has 0 saturated carbocycles. The second-order valence-corrected chi connectivity index (χ2v) is 7.02. The van der Waals surface area contributed by atoms with Gasteiger partial charge in [-0.1, -0.05) is 0 Å². The van der Waals surface area contributed by atoms with Gasteiger partial charge in [0.2, 0.25) is 0 Å². The molecule has 1 saturated heterocycles. The van der Waals surface area contributed by atoms with E-state index in [2.05, 4.69) is 4.18 Å². The minimum Gasteiger partial charge on any atom is -0.444 e. The molecule has 0 bridgehead atoms. The van der Waals surface area contributed by atoms with Gasteiger partial charge in [-0.25, -0.2) is 9.59 Å². The van der Waals surface area contributed by atoms with E-state index in [4.69, 9.17) is 9.47 Å². The van der Waals surface area contributed by atoms with Crippen molar-refractivity contribution >= 4 is 22.2 Å². The molecule has 1 aliphatic heterocycles. The molecule has 0 aliphatic carbocycles. The molecule has 1 atom stereocenters. The van der Waals surface area contributed by atoms with Crippen LogP contribution < -0.4 is 0 Å². The molecule has 8 nitrogen and oxygen atoms in total. The Hall–Kier alpha value is -1.35. The number of ether oxygens (including phenoxy) is 2. The van der Waals surface area contributed by atoms with E-state index in [9.17, 15) is 18.0 Å². The van der Waals surface area contributed by atoms with E-state index in [0.717, 1.165) is 11.2 Å². The van der Waals surface area contributed by atoms with Crippen LogP contribution >= 0.6 is 0 Å². The molecule has 1 heterocycles. The standard InChI is InChI=1S/C11H19NO7S/c1-11(2,3)19-10(14)12-7-17-9(13)8(12)5-6-18-20(4,15)16/h8H,5-7H2,1-4H3. The summed E-state index contributed by atoms with van der Waals surface area (Å²) < 4.78 is 36.2. The first-order chi connectivity index (χ1) is 8.99. The fourth-order valence-electron chi connectivity index (χ4n) is 1.53. The van der Waals surface area contributed by atoms with Crippen LogP contribution in [0.5, 0.6) is 0 Å². The number of amides is 1. The average Bonchev–Trinajstić information content (AvgIpc) is 2.56. The van der Waals surface area contributed by atoms with E-state index < -0.39 is 33.8 Å². The molecule has 0 radical (unpaired) electrons. The maximum atomic E-state index is 11.9. The zero-order chi connectivity index (χ0) is 15.6. The quantitative estimate of drug-likeness (QED) is 0.550. The van der Waals surface area contributed by atoms with E-state index in [1.54, 1.807) is 20.8 Å². The third-order valence-electron chi connectivity index (χ3n) is 2.31. The summed E-state index contributed by atoms with van der Waals surface area (Å²) in [5, 5.41) is 0. The average molecular weight is 309 g/mol. The van der Waals surface area contributed by atoms with Gasteiger partial charge in [0.25, 0.3) is 10.1 Å². The molecule has 0 aromatic rings. The van der Waals surface area contributed by atoms with Crippen LogP contribution in [-0.4, -0.2) is 56.6 Å². The van der Waals surface area contributed by atoms with E-state index in [1.807, 2.05) is 0 Å². The van der Waals surface area contributed by atoms with Gasteiger partial charge in [-0.2, -0.15) is 8.42 Å². The van der Waals surface area contributed by atoms with Gasteiger partial charge in [-0.05, 0) is 20.8 Å². The highest BCUT2D eigenvalue weighted by Gasteiger charge is 2.39. The van der Waals surface area contributed by atoms with Gasteiger partial charge in [0.05, 0.1) is 12.9 Å². The highest BCUT2D eigenvalue weighted by atomic mass is 32.2. The zero-order valence-corrected chi connectivity index (χ0v) is 12.7. The number of rotatable bonds is 4. The summed E-state index contributed by atoms with van der Waals surface area (Å²) in [5.41, 5.74) is -0.698. The van der Waals surface area contributed by atoms with Crippen LogP contribution in [0.1, 0.15) is 27.2 Å². The van der Waals surface area contributed by atoms with E-state index in [0.29, 0.717) is 0 Å². The summed E-state index contributed by atoms with van der Waals surface area (Å²) in [4.78, 5) is 24.5. The minimum absolute atomic E-state index is 0.0190. The highest BCUT2D eigenvalue weighted by Crippen LogP contribution is 2.19. The van der Waals surface area contributed by atoms with Crippen LogP contribution in [0.3, 0.4) is 0 Å². The number of cyclic esters (lactones) is 1. The number of nitrogens with zero attached hydrogens (tertiary/aromatic N) is 1. The number of esters is 1. The molecule has 20 heavy (non-hydrogen) atoms. The van der Waals surface area contributed by atoms with Crippen molar-refractivity contribution in [2.45, 2.75) is 38.8 Å². The molecule has 1 unspecified atom stereocenters. The summed E-state index contributed by atoms with van der Waals surface area (Å²) >= 11 is 0. The molecular weight excluding hydrogens is 290 g/mol. The van der Waals surface area contributed by atoms with Gasteiger partial charge in [-0.15, -0.1) is 0 Å². The number of carbonyl (C=O) groups is 2. The third-order valence-corrected chi connectivity index (χ3v) is 2.91. The molecule has 9 heteroatoms. The number of hydrogen-bond donors (Lipinski definition) is 0. The third kappa shape index (κ3) is 5.33. The van der Waals surface area contributed by atoms with E-state index >= 15 is 0 Å². The van der Waals surface area contributed by atoms with Gasteiger partial charge in [0, 0.05) is 6.42 Å². The molecule has 1 amide bonds. The van der Waals surface area contributed by atoms with Crippen LogP contribution in [0.2, 0.25) is 0 Å². The Morgan fingerprint density at radius 1 is 1.45 bits per heavy atom. The Morgan fingerprint density at radius 3 is 2.55 bits per heavy atom. The van der Waals surface area contributed by atoms with Gasteiger partial charge in [0.15, 0.2) is 6.73 Å². The highest BCUT2D eigenvalue weighted by molar-refractivity contribution is 7.85. The van der Waals surface area contributed by atoms with Crippen LogP contribution in [0.4, 0.5) is 4.79 Å². The Balaban J connectivity index is 2.62. The second kappa shape index (κ2) is 5.96. The lowest BCUT2D eigenvalue weighted by Crippen LogP contribution is -2.42.